The van der Waals surface area contributed by atoms with E-state index in [1.807, 2.05) is 18.2 Å². The van der Waals surface area contributed by atoms with Gasteiger partial charge in [-0.05, 0) is 55.1 Å². The molecule has 42 heavy (non-hydrogen) atoms. The van der Waals surface area contributed by atoms with E-state index in [9.17, 15) is 33.0 Å². The minimum absolute atomic E-state index is 0.0235. The zero-order valence-corrected chi connectivity index (χ0v) is 25.0. The van der Waals surface area contributed by atoms with Gasteiger partial charge in [0.05, 0.1) is 11.5 Å². The summed E-state index contributed by atoms with van der Waals surface area (Å²) in [6, 6.07) is 16.4. The number of likely N-dealkylation sites (tertiary alicyclic amines) is 1. The van der Waals surface area contributed by atoms with E-state index in [2.05, 4.69) is 32.4 Å². The molecule has 5 N–H and O–H groups in total. The molecule has 2 aromatic rings. The third-order valence-corrected chi connectivity index (χ3v) is 8.95. The van der Waals surface area contributed by atoms with Crippen molar-refractivity contribution in [1.29, 1.82) is 0 Å². The summed E-state index contributed by atoms with van der Waals surface area (Å²) in [6.07, 6.45) is 0.113. The minimum Gasteiger partial charge on any atom is -0.396 e. The van der Waals surface area contributed by atoms with Crippen LogP contribution in [-0.2, 0) is 37.5 Å². The summed E-state index contributed by atoms with van der Waals surface area (Å²) in [5, 5.41) is 24.1. The molecule has 1 saturated heterocycles. The molecule has 0 aromatic heterocycles. The van der Waals surface area contributed by atoms with Crippen LogP contribution in [0.1, 0.15) is 44.2 Å². The van der Waals surface area contributed by atoms with Crippen LogP contribution in [0.2, 0.25) is 0 Å². The molecule has 230 valence electrons. The Labute approximate surface area is 247 Å². The average Bonchev–Trinajstić information content (AvgIpc) is 2.99. The Hall–Kier alpha value is -3.16. The highest BCUT2D eigenvalue weighted by molar-refractivity contribution is 7.89. The second-order valence-corrected chi connectivity index (χ2v) is 13.2. The monoisotopic (exact) mass is 602 g/mol. The molecule has 1 heterocycles. The summed E-state index contributed by atoms with van der Waals surface area (Å²) in [6.45, 7) is 5.64. The Morgan fingerprint density at radius 2 is 1.62 bits per heavy atom. The number of sulfonamides is 1. The van der Waals surface area contributed by atoms with Crippen LogP contribution in [0.3, 0.4) is 0 Å². The summed E-state index contributed by atoms with van der Waals surface area (Å²) in [5.74, 6) is -2.06. The molecule has 0 bridgehead atoms. The molecule has 2 amide bonds. The number of carbonyl (C=O) groups excluding carboxylic acids is 3. The number of hydrogen-bond donors (Lipinski definition) is 5. The zero-order chi connectivity index (χ0) is 30.8. The van der Waals surface area contributed by atoms with E-state index in [1.54, 1.807) is 12.1 Å². The number of aliphatic hydroxyl groups is 2. The molecule has 12 heteroatoms. The lowest BCUT2D eigenvalue weighted by Gasteiger charge is -2.32. The van der Waals surface area contributed by atoms with E-state index in [-0.39, 0.29) is 30.3 Å². The summed E-state index contributed by atoms with van der Waals surface area (Å²) >= 11 is 0. The maximum absolute atomic E-state index is 12.8. The quantitative estimate of drug-likeness (QED) is 0.188. The van der Waals surface area contributed by atoms with Gasteiger partial charge in [0.2, 0.25) is 21.7 Å². The predicted molar refractivity (Wildman–Crippen MR) is 157 cm³/mol. The Morgan fingerprint density at radius 3 is 2.24 bits per heavy atom. The first-order valence-corrected chi connectivity index (χ1v) is 15.6. The fourth-order valence-corrected chi connectivity index (χ4v) is 5.64. The number of amides is 2. The van der Waals surface area contributed by atoms with Crippen LogP contribution in [0.4, 0.5) is 0 Å². The van der Waals surface area contributed by atoms with Crippen molar-refractivity contribution in [3.63, 3.8) is 0 Å². The van der Waals surface area contributed by atoms with Crippen LogP contribution in [0.15, 0.2) is 59.5 Å². The number of Topliss-reactive ketones (excluding diaryl/α,β-unsaturated/α-hetero) is 1. The van der Waals surface area contributed by atoms with E-state index in [4.69, 9.17) is 0 Å². The number of nitrogens with one attached hydrogen (secondary N) is 3. The van der Waals surface area contributed by atoms with E-state index in [0.717, 1.165) is 32.5 Å². The molecule has 2 aromatic carbocycles. The van der Waals surface area contributed by atoms with Crippen molar-refractivity contribution in [2.45, 2.75) is 57.2 Å². The molecule has 0 aliphatic carbocycles. The van der Waals surface area contributed by atoms with Gasteiger partial charge in [-0.1, -0.05) is 56.3 Å². The molecule has 1 aliphatic rings. The number of aliphatic hydroxyl groups excluding tert-OH is 2. The number of piperidine rings is 1. The molecule has 1 atom stereocenters. The van der Waals surface area contributed by atoms with E-state index in [1.165, 1.54) is 31.5 Å². The summed E-state index contributed by atoms with van der Waals surface area (Å²) in [5.41, 5.74) is 0.841. The first-order chi connectivity index (χ1) is 19.9. The van der Waals surface area contributed by atoms with Gasteiger partial charge < -0.3 is 20.8 Å². The van der Waals surface area contributed by atoms with Crippen LogP contribution >= 0.6 is 0 Å². The Balaban J connectivity index is 1.37. The minimum atomic E-state index is -3.69. The number of benzene rings is 2. The van der Waals surface area contributed by atoms with Crippen molar-refractivity contribution in [3.05, 3.63) is 65.7 Å². The van der Waals surface area contributed by atoms with Gasteiger partial charge in [-0.25, -0.2) is 13.1 Å². The summed E-state index contributed by atoms with van der Waals surface area (Å²) in [7, 11) is -3.69. The van der Waals surface area contributed by atoms with Crippen molar-refractivity contribution in [3.8, 4) is 0 Å². The SMILES string of the molecule is CC(C)(CO)[C@@H](O)C(=O)NCCC(=O)C(=O)NCc1ccc(S(=O)(=O)NCC2CCN(Cc3ccccc3)CC2)cc1. The summed E-state index contributed by atoms with van der Waals surface area (Å²) < 4.78 is 28.4. The van der Waals surface area contributed by atoms with E-state index >= 15 is 0 Å². The van der Waals surface area contributed by atoms with Crippen LogP contribution in [0, 0.1) is 11.3 Å². The Kier molecular flexibility index (Phi) is 12.2. The molecule has 11 nitrogen and oxygen atoms in total. The fraction of sp³-hybridized carbons (Fsp3) is 0.500. The third-order valence-electron chi connectivity index (χ3n) is 7.51. The molecule has 3 rings (SSSR count). The molecular formula is C30H42N4O7S. The van der Waals surface area contributed by atoms with Gasteiger partial charge in [0.25, 0.3) is 5.91 Å². The van der Waals surface area contributed by atoms with Gasteiger partial charge in [-0.15, -0.1) is 0 Å². The number of ketones is 1. The summed E-state index contributed by atoms with van der Waals surface area (Å²) in [4.78, 5) is 38.7. The lowest BCUT2D eigenvalue weighted by molar-refractivity contribution is -0.139. The third kappa shape index (κ3) is 9.99. The standard InChI is InChI=1S/C30H42N4O7S/c1-30(2,21-35)27(37)29(39)31-15-12-26(36)28(38)32-18-22-8-10-25(11-9-22)42(40,41)33-19-23-13-16-34(17-14-23)20-24-6-4-3-5-7-24/h3-11,23,27,33,35,37H,12-21H2,1-2H3,(H,31,39)(H,32,38)/t27-/m0/s1. The molecule has 1 aliphatic heterocycles. The largest absolute Gasteiger partial charge is 0.396 e. The molecular weight excluding hydrogens is 560 g/mol. The van der Waals surface area contributed by atoms with Crippen LogP contribution < -0.4 is 15.4 Å². The molecule has 0 spiro atoms. The molecule has 0 saturated carbocycles. The first-order valence-electron chi connectivity index (χ1n) is 14.1. The second-order valence-electron chi connectivity index (χ2n) is 11.4. The van der Waals surface area contributed by atoms with Gasteiger partial charge in [0.15, 0.2) is 0 Å². The van der Waals surface area contributed by atoms with Crippen molar-refractivity contribution in [2.75, 3.05) is 32.8 Å². The van der Waals surface area contributed by atoms with Crippen LogP contribution in [0.5, 0.6) is 0 Å². The number of rotatable bonds is 15. The Morgan fingerprint density at radius 1 is 0.976 bits per heavy atom. The average molecular weight is 603 g/mol. The maximum atomic E-state index is 12.8. The van der Waals surface area contributed by atoms with Gasteiger partial charge in [0, 0.05) is 38.0 Å². The van der Waals surface area contributed by atoms with Crippen molar-refractivity contribution >= 4 is 27.6 Å². The Bertz CT molecular complexity index is 1290. The fourth-order valence-electron chi connectivity index (χ4n) is 4.52. The molecule has 0 unspecified atom stereocenters. The van der Waals surface area contributed by atoms with Gasteiger partial charge >= 0.3 is 0 Å². The smallest absolute Gasteiger partial charge is 0.287 e. The van der Waals surface area contributed by atoms with Crippen LogP contribution in [-0.4, -0.2) is 80.0 Å². The lowest BCUT2D eigenvalue weighted by atomic mass is 9.87. The zero-order valence-electron chi connectivity index (χ0n) is 24.2. The number of hydrogen-bond acceptors (Lipinski definition) is 8. The highest BCUT2D eigenvalue weighted by Gasteiger charge is 2.33. The highest BCUT2D eigenvalue weighted by atomic mass is 32.2. The molecule has 0 radical (unpaired) electrons. The van der Waals surface area contributed by atoms with Crippen LogP contribution in [0.25, 0.3) is 0 Å². The lowest BCUT2D eigenvalue weighted by Crippen LogP contribution is -2.46. The van der Waals surface area contributed by atoms with Gasteiger partial charge in [-0.2, -0.15) is 0 Å². The predicted octanol–water partition coefficient (Wildman–Crippen LogP) is 0.948. The number of carbonyl (C=O) groups is 3. The van der Waals surface area contributed by atoms with Crippen molar-refractivity contribution < 1.29 is 33.0 Å². The molecule has 1 fully saturated rings. The van der Waals surface area contributed by atoms with Crippen molar-refractivity contribution in [1.82, 2.24) is 20.3 Å². The van der Waals surface area contributed by atoms with Crippen molar-refractivity contribution in [2.24, 2.45) is 11.3 Å². The second kappa shape index (κ2) is 15.4. The number of nitrogens with zero attached hydrogens (tertiary/aromatic N) is 1. The van der Waals surface area contributed by atoms with E-state index in [0.29, 0.717) is 12.1 Å². The first kappa shape index (κ1) is 33.3. The normalized spacial score (nSPS) is 15.6. The van der Waals surface area contributed by atoms with E-state index < -0.39 is 45.7 Å². The topological polar surface area (TPSA) is 165 Å². The van der Waals surface area contributed by atoms with Gasteiger partial charge in [0.1, 0.15) is 6.10 Å². The van der Waals surface area contributed by atoms with Gasteiger partial charge in [-0.3, -0.25) is 19.3 Å². The highest BCUT2D eigenvalue weighted by Crippen LogP contribution is 2.20. The maximum Gasteiger partial charge on any atom is 0.287 e.